The van der Waals surface area contributed by atoms with Crippen molar-refractivity contribution in [1.29, 1.82) is 0 Å². The molecule has 0 amide bonds. The van der Waals surface area contributed by atoms with Gasteiger partial charge in [-0.1, -0.05) is 20.8 Å². The van der Waals surface area contributed by atoms with Crippen LogP contribution in [0.2, 0.25) is 0 Å². The van der Waals surface area contributed by atoms with Crippen LogP contribution in [-0.4, -0.2) is 6.54 Å². The molecule has 0 aliphatic carbocycles. The molecule has 1 heterocycles. The lowest BCUT2D eigenvalue weighted by molar-refractivity contribution is 0.390. The second-order valence-corrected chi connectivity index (χ2v) is 5.03. The van der Waals surface area contributed by atoms with Gasteiger partial charge in [0.2, 0.25) is 0 Å². The normalized spacial score (nSPS) is 11.6. The molecule has 0 unspecified atom stereocenters. The zero-order valence-electron chi connectivity index (χ0n) is 8.05. The van der Waals surface area contributed by atoms with Gasteiger partial charge in [-0.05, 0) is 23.3 Å². The standard InChI is InChI=1S/C10H17NS/c1-10(2,3)5-6-11-9-4-7-12-8-9/h4,7-8,11H,5-6H2,1-3H3. The van der Waals surface area contributed by atoms with Gasteiger partial charge in [0.1, 0.15) is 0 Å². The lowest BCUT2D eigenvalue weighted by Gasteiger charge is -2.17. The van der Waals surface area contributed by atoms with Crippen LogP contribution in [0, 0.1) is 5.41 Å². The number of thiophene rings is 1. The first kappa shape index (κ1) is 9.59. The van der Waals surface area contributed by atoms with Crippen molar-refractivity contribution >= 4 is 17.0 Å². The minimum atomic E-state index is 0.434. The first-order valence-electron chi connectivity index (χ1n) is 4.34. The van der Waals surface area contributed by atoms with Crippen molar-refractivity contribution in [3.63, 3.8) is 0 Å². The molecule has 0 aliphatic rings. The summed E-state index contributed by atoms with van der Waals surface area (Å²) in [7, 11) is 0. The van der Waals surface area contributed by atoms with Crippen LogP contribution in [-0.2, 0) is 0 Å². The summed E-state index contributed by atoms with van der Waals surface area (Å²) in [5, 5.41) is 7.63. The summed E-state index contributed by atoms with van der Waals surface area (Å²) in [6, 6.07) is 2.12. The number of hydrogen-bond donors (Lipinski definition) is 1. The summed E-state index contributed by atoms with van der Waals surface area (Å²) in [5.74, 6) is 0. The molecule has 1 aromatic heterocycles. The van der Waals surface area contributed by atoms with E-state index in [-0.39, 0.29) is 0 Å². The number of rotatable bonds is 3. The fourth-order valence-corrected chi connectivity index (χ4v) is 1.56. The van der Waals surface area contributed by atoms with Crippen LogP contribution >= 0.6 is 11.3 Å². The van der Waals surface area contributed by atoms with Crippen molar-refractivity contribution in [3.8, 4) is 0 Å². The van der Waals surface area contributed by atoms with Crippen LogP contribution < -0.4 is 5.32 Å². The molecule has 1 nitrogen and oxygen atoms in total. The van der Waals surface area contributed by atoms with E-state index >= 15 is 0 Å². The van der Waals surface area contributed by atoms with Gasteiger partial charge in [0.25, 0.3) is 0 Å². The zero-order valence-corrected chi connectivity index (χ0v) is 8.87. The van der Waals surface area contributed by atoms with Gasteiger partial charge >= 0.3 is 0 Å². The summed E-state index contributed by atoms with van der Waals surface area (Å²) < 4.78 is 0. The quantitative estimate of drug-likeness (QED) is 0.755. The van der Waals surface area contributed by atoms with Gasteiger partial charge in [0.15, 0.2) is 0 Å². The Morgan fingerprint density at radius 2 is 2.17 bits per heavy atom. The van der Waals surface area contributed by atoms with Crippen molar-refractivity contribution in [2.45, 2.75) is 27.2 Å². The first-order valence-corrected chi connectivity index (χ1v) is 5.28. The van der Waals surface area contributed by atoms with Crippen LogP contribution in [0.5, 0.6) is 0 Å². The average molecular weight is 183 g/mol. The maximum absolute atomic E-state index is 3.39. The minimum absolute atomic E-state index is 0.434. The second kappa shape index (κ2) is 3.94. The van der Waals surface area contributed by atoms with E-state index in [1.165, 1.54) is 12.1 Å². The molecule has 12 heavy (non-hydrogen) atoms. The zero-order chi connectivity index (χ0) is 9.03. The lowest BCUT2D eigenvalue weighted by Crippen LogP contribution is -2.12. The molecule has 0 atom stereocenters. The summed E-state index contributed by atoms with van der Waals surface area (Å²) in [4.78, 5) is 0. The first-order chi connectivity index (χ1) is 5.58. The van der Waals surface area contributed by atoms with Crippen molar-refractivity contribution in [2.24, 2.45) is 5.41 Å². The maximum atomic E-state index is 3.39. The molecule has 0 fully saturated rings. The number of anilines is 1. The van der Waals surface area contributed by atoms with Crippen LogP contribution in [0.15, 0.2) is 16.8 Å². The van der Waals surface area contributed by atoms with E-state index in [1.807, 2.05) is 0 Å². The van der Waals surface area contributed by atoms with Gasteiger partial charge in [-0.2, -0.15) is 11.3 Å². The van der Waals surface area contributed by atoms with Crippen molar-refractivity contribution in [2.75, 3.05) is 11.9 Å². The van der Waals surface area contributed by atoms with Crippen LogP contribution in [0.25, 0.3) is 0 Å². The third kappa shape index (κ3) is 3.77. The molecule has 0 saturated heterocycles. The molecule has 0 spiro atoms. The molecular formula is C10H17NS. The van der Waals surface area contributed by atoms with Gasteiger partial charge in [0, 0.05) is 17.6 Å². The third-order valence-electron chi connectivity index (χ3n) is 1.73. The molecule has 2 heteroatoms. The number of nitrogens with one attached hydrogen (secondary N) is 1. The lowest BCUT2D eigenvalue weighted by atomic mass is 9.92. The molecule has 0 aliphatic heterocycles. The monoisotopic (exact) mass is 183 g/mol. The van der Waals surface area contributed by atoms with Gasteiger partial charge in [-0.25, -0.2) is 0 Å². The fraction of sp³-hybridized carbons (Fsp3) is 0.600. The van der Waals surface area contributed by atoms with E-state index in [9.17, 15) is 0 Å². The highest BCUT2D eigenvalue weighted by molar-refractivity contribution is 7.08. The molecule has 0 radical (unpaired) electrons. The van der Waals surface area contributed by atoms with E-state index in [2.05, 4.69) is 42.9 Å². The Hall–Kier alpha value is -0.500. The van der Waals surface area contributed by atoms with E-state index in [0.29, 0.717) is 5.41 Å². The van der Waals surface area contributed by atoms with Gasteiger partial charge in [0.05, 0.1) is 0 Å². The highest BCUT2D eigenvalue weighted by atomic mass is 32.1. The molecule has 0 saturated carbocycles. The van der Waals surface area contributed by atoms with E-state index < -0.39 is 0 Å². The Labute approximate surface area is 78.8 Å². The SMILES string of the molecule is CC(C)(C)CCNc1ccsc1. The molecule has 1 aromatic rings. The Bertz CT molecular complexity index is 208. The summed E-state index contributed by atoms with van der Waals surface area (Å²) in [6.45, 7) is 7.87. The minimum Gasteiger partial charge on any atom is -0.384 e. The Morgan fingerprint density at radius 3 is 2.67 bits per heavy atom. The van der Waals surface area contributed by atoms with Crippen LogP contribution in [0.3, 0.4) is 0 Å². The maximum Gasteiger partial charge on any atom is 0.0448 e. The van der Waals surface area contributed by atoms with Crippen molar-refractivity contribution < 1.29 is 0 Å². The topological polar surface area (TPSA) is 12.0 Å². The second-order valence-electron chi connectivity index (χ2n) is 4.25. The number of hydrogen-bond acceptors (Lipinski definition) is 2. The Balaban J connectivity index is 2.20. The predicted octanol–water partition coefficient (Wildman–Crippen LogP) is 3.60. The summed E-state index contributed by atoms with van der Waals surface area (Å²) in [6.07, 6.45) is 1.21. The van der Waals surface area contributed by atoms with Crippen molar-refractivity contribution in [1.82, 2.24) is 0 Å². The van der Waals surface area contributed by atoms with Crippen LogP contribution in [0.4, 0.5) is 5.69 Å². The summed E-state index contributed by atoms with van der Waals surface area (Å²) in [5.41, 5.74) is 1.69. The molecule has 0 aromatic carbocycles. The van der Waals surface area contributed by atoms with E-state index in [4.69, 9.17) is 0 Å². The molecular weight excluding hydrogens is 166 g/mol. The summed E-state index contributed by atoms with van der Waals surface area (Å²) >= 11 is 1.74. The van der Waals surface area contributed by atoms with E-state index in [1.54, 1.807) is 11.3 Å². The Morgan fingerprint density at radius 1 is 1.42 bits per heavy atom. The van der Waals surface area contributed by atoms with Gasteiger partial charge in [-0.15, -0.1) is 0 Å². The average Bonchev–Trinajstić information content (AvgIpc) is 2.36. The fourth-order valence-electron chi connectivity index (χ4n) is 0.947. The largest absolute Gasteiger partial charge is 0.384 e. The van der Waals surface area contributed by atoms with Crippen LogP contribution in [0.1, 0.15) is 27.2 Å². The van der Waals surface area contributed by atoms with Gasteiger partial charge < -0.3 is 5.32 Å². The molecule has 1 rings (SSSR count). The molecule has 68 valence electrons. The molecule has 0 bridgehead atoms. The highest BCUT2D eigenvalue weighted by Crippen LogP contribution is 2.19. The smallest absolute Gasteiger partial charge is 0.0448 e. The predicted molar refractivity (Wildman–Crippen MR) is 56.9 cm³/mol. The third-order valence-corrected chi connectivity index (χ3v) is 2.41. The van der Waals surface area contributed by atoms with Crippen molar-refractivity contribution in [3.05, 3.63) is 16.8 Å². The van der Waals surface area contributed by atoms with E-state index in [0.717, 1.165) is 6.54 Å². The molecule has 1 N–H and O–H groups in total. The highest BCUT2D eigenvalue weighted by Gasteiger charge is 2.08. The Kier molecular flexibility index (Phi) is 3.15. The van der Waals surface area contributed by atoms with Gasteiger partial charge in [-0.3, -0.25) is 0 Å².